The maximum atomic E-state index is 12.7. The smallest absolute Gasteiger partial charge is 0.139 e. The average molecular weight is 391 g/mol. The van der Waals surface area contributed by atoms with Crippen LogP contribution in [0.5, 0.6) is 0 Å². The second-order valence-electron chi connectivity index (χ2n) is 10.3. The van der Waals surface area contributed by atoms with Crippen molar-refractivity contribution in [3.63, 3.8) is 0 Å². The largest absolute Gasteiger partial charge is 0.395 e. The molecule has 158 valence electrons. The molecule has 28 heavy (non-hydrogen) atoms. The van der Waals surface area contributed by atoms with Gasteiger partial charge >= 0.3 is 0 Å². The first-order valence-electron chi connectivity index (χ1n) is 11.3. The van der Waals surface area contributed by atoms with Crippen molar-refractivity contribution in [2.45, 2.75) is 65.2 Å². The molecule has 0 bridgehead atoms. The number of nitrogens with zero attached hydrogens (tertiary/aromatic N) is 1. The maximum Gasteiger partial charge on any atom is 0.139 e. The van der Waals surface area contributed by atoms with Crippen LogP contribution < -0.4 is 5.73 Å². The third-order valence-corrected chi connectivity index (χ3v) is 9.18. The van der Waals surface area contributed by atoms with Gasteiger partial charge in [-0.25, -0.2) is 0 Å². The molecule has 0 heterocycles. The topological polar surface area (TPSA) is 73.9 Å². The van der Waals surface area contributed by atoms with Crippen LogP contribution in [-0.4, -0.2) is 38.4 Å². The molecule has 4 aliphatic rings. The number of ketones is 1. The van der Waals surface area contributed by atoms with Gasteiger partial charge in [0.15, 0.2) is 0 Å². The second kappa shape index (κ2) is 7.71. The maximum absolute atomic E-state index is 12.7. The van der Waals surface area contributed by atoms with Gasteiger partial charge in [-0.1, -0.05) is 19.0 Å². The molecule has 4 fully saturated rings. The Morgan fingerprint density at radius 2 is 1.96 bits per heavy atom. The number of methoxy groups -OCH3 is 1. The fraction of sp³-hybridized carbons (Fsp3) is 0.913. The van der Waals surface area contributed by atoms with Gasteiger partial charge < -0.3 is 15.3 Å². The Hall–Kier alpha value is -0.940. The van der Waals surface area contributed by atoms with E-state index < -0.39 is 0 Å². The highest BCUT2D eigenvalue weighted by molar-refractivity contribution is 5.87. The van der Waals surface area contributed by atoms with Gasteiger partial charge in [0.1, 0.15) is 12.4 Å². The van der Waals surface area contributed by atoms with Crippen molar-refractivity contribution in [2.24, 2.45) is 51.3 Å². The van der Waals surface area contributed by atoms with Gasteiger partial charge in [-0.15, -0.1) is 0 Å². The van der Waals surface area contributed by atoms with Crippen LogP contribution in [0.2, 0.25) is 0 Å². The first kappa shape index (κ1) is 20.3. The Labute approximate surface area is 169 Å². The summed E-state index contributed by atoms with van der Waals surface area (Å²) < 4.78 is 5.69. The molecule has 0 spiro atoms. The van der Waals surface area contributed by atoms with Gasteiger partial charge in [0.05, 0.1) is 5.71 Å². The highest BCUT2D eigenvalue weighted by atomic mass is 16.6. The SMILES string of the molecule is COC[C@@H]1C[C@@H]2[C@H](CC[C@]3(C)C(=O)CC[C@@H]23)[C@@]2(C)CC/C(=N\OCCN)C[C@H]12. The van der Waals surface area contributed by atoms with Crippen molar-refractivity contribution in [1.82, 2.24) is 0 Å². The summed E-state index contributed by atoms with van der Waals surface area (Å²) in [6.07, 6.45) is 8.66. The fourth-order valence-electron chi connectivity index (χ4n) is 7.74. The predicted octanol–water partition coefficient (Wildman–Crippen LogP) is 3.80. The number of fused-ring (bicyclic) bond motifs is 5. The second-order valence-corrected chi connectivity index (χ2v) is 10.3. The van der Waals surface area contributed by atoms with E-state index >= 15 is 0 Å². The molecule has 0 aromatic carbocycles. The zero-order valence-corrected chi connectivity index (χ0v) is 17.9. The molecule has 4 saturated carbocycles. The normalized spacial score (nSPS) is 46.8. The molecule has 0 aliphatic heterocycles. The van der Waals surface area contributed by atoms with Crippen LogP contribution in [0, 0.1) is 40.4 Å². The summed E-state index contributed by atoms with van der Waals surface area (Å²) in [5.74, 6) is 3.68. The van der Waals surface area contributed by atoms with Crippen molar-refractivity contribution in [3.8, 4) is 0 Å². The van der Waals surface area contributed by atoms with Gasteiger partial charge in [0.25, 0.3) is 0 Å². The summed E-state index contributed by atoms with van der Waals surface area (Å²) in [4.78, 5) is 18.1. The van der Waals surface area contributed by atoms with Crippen LogP contribution in [-0.2, 0) is 14.4 Å². The summed E-state index contributed by atoms with van der Waals surface area (Å²) in [6, 6.07) is 0. The molecular formula is C23H38N2O3. The van der Waals surface area contributed by atoms with E-state index in [1.54, 1.807) is 0 Å². The van der Waals surface area contributed by atoms with Gasteiger partial charge in [-0.2, -0.15) is 0 Å². The first-order valence-corrected chi connectivity index (χ1v) is 11.3. The Bertz CT molecular complexity index is 635. The Kier molecular flexibility index (Phi) is 5.60. The van der Waals surface area contributed by atoms with Crippen LogP contribution >= 0.6 is 0 Å². The summed E-state index contributed by atoms with van der Waals surface area (Å²) in [7, 11) is 1.83. The minimum absolute atomic E-state index is 0.0562. The molecule has 7 atom stereocenters. The fourth-order valence-corrected chi connectivity index (χ4v) is 7.74. The lowest BCUT2D eigenvalue weighted by atomic mass is 9.43. The zero-order valence-electron chi connectivity index (χ0n) is 17.9. The van der Waals surface area contributed by atoms with Gasteiger partial charge in [0, 0.05) is 32.1 Å². The van der Waals surface area contributed by atoms with Crippen LogP contribution in [0.1, 0.15) is 65.2 Å². The number of carbonyl (C=O) groups excluding carboxylic acids is 1. The van der Waals surface area contributed by atoms with E-state index in [-0.39, 0.29) is 5.41 Å². The van der Waals surface area contributed by atoms with Crippen molar-refractivity contribution in [3.05, 3.63) is 0 Å². The standard InChI is InChI=1S/C23H38N2O3/c1-22-8-6-16(25-28-11-10-24)13-20(22)15(14-27-3)12-17-18-4-5-21(26)23(18,2)9-7-19(17)22/h15,17-20H,4-14,24H2,1-3H3/b25-16+/t15-,17-,18-,19-,20+,22+,23-/m0/s1. The molecular weight excluding hydrogens is 352 g/mol. The number of Topliss-reactive ketones (excluding diaryl/α,β-unsaturated/α-hetero) is 1. The molecule has 0 aromatic rings. The van der Waals surface area contributed by atoms with Crippen molar-refractivity contribution in [2.75, 3.05) is 26.9 Å². The Morgan fingerprint density at radius 1 is 1.14 bits per heavy atom. The molecule has 0 amide bonds. The van der Waals surface area contributed by atoms with Crippen molar-refractivity contribution < 1.29 is 14.4 Å². The molecule has 0 saturated heterocycles. The Balaban J connectivity index is 1.60. The van der Waals surface area contributed by atoms with E-state index in [1.165, 1.54) is 25.0 Å². The van der Waals surface area contributed by atoms with Gasteiger partial charge in [-0.05, 0) is 80.0 Å². The molecule has 5 heteroatoms. The highest BCUT2D eigenvalue weighted by Gasteiger charge is 2.61. The summed E-state index contributed by atoms with van der Waals surface area (Å²) in [5, 5.41) is 4.42. The molecule has 2 N–H and O–H groups in total. The quantitative estimate of drug-likeness (QED) is 0.572. The van der Waals surface area contributed by atoms with E-state index in [1.807, 2.05) is 7.11 Å². The van der Waals surface area contributed by atoms with Crippen LogP contribution in [0.15, 0.2) is 5.16 Å². The molecule has 5 nitrogen and oxygen atoms in total. The minimum atomic E-state index is -0.0562. The minimum Gasteiger partial charge on any atom is -0.395 e. The van der Waals surface area contributed by atoms with E-state index in [0.717, 1.165) is 44.6 Å². The first-order chi connectivity index (χ1) is 13.4. The predicted molar refractivity (Wildman–Crippen MR) is 110 cm³/mol. The van der Waals surface area contributed by atoms with Crippen molar-refractivity contribution >= 4 is 11.5 Å². The number of carbonyl (C=O) groups is 1. The molecule has 0 radical (unpaired) electrons. The van der Waals surface area contributed by atoms with Crippen LogP contribution in [0.4, 0.5) is 0 Å². The highest BCUT2D eigenvalue weighted by Crippen LogP contribution is 2.66. The lowest BCUT2D eigenvalue weighted by Crippen LogP contribution is -2.57. The molecule has 4 aliphatic carbocycles. The summed E-state index contributed by atoms with van der Waals surface area (Å²) in [5.41, 5.74) is 7.00. The average Bonchev–Trinajstić information content (AvgIpc) is 2.98. The van der Waals surface area contributed by atoms with Gasteiger partial charge in [-0.3, -0.25) is 4.79 Å². The lowest BCUT2D eigenvalue weighted by molar-refractivity contribution is -0.145. The van der Waals surface area contributed by atoms with Crippen molar-refractivity contribution in [1.29, 1.82) is 0 Å². The monoisotopic (exact) mass is 390 g/mol. The lowest BCUT2D eigenvalue weighted by Gasteiger charge is -2.61. The van der Waals surface area contributed by atoms with E-state index in [9.17, 15) is 4.79 Å². The van der Waals surface area contributed by atoms with Crippen LogP contribution in [0.3, 0.4) is 0 Å². The van der Waals surface area contributed by atoms with Crippen LogP contribution in [0.25, 0.3) is 0 Å². The number of hydrogen-bond acceptors (Lipinski definition) is 5. The van der Waals surface area contributed by atoms with E-state index in [2.05, 4.69) is 19.0 Å². The number of oxime groups is 1. The molecule has 0 unspecified atom stereocenters. The molecule has 0 aromatic heterocycles. The summed E-state index contributed by atoms with van der Waals surface area (Å²) >= 11 is 0. The number of ether oxygens (including phenoxy) is 1. The van der Waals surface area contributed by atoms with E-state index in [4.69, 9.17) is 15.3 Å². The van der Waals surface area contributed by atoms with E-state index in [0.29, 0.717) is 48.0 Å². The third-order valence-electron chi connectivity index (χ3n) is 9.18. The van der Waals surface area contributed by atoms with Gasteiger partial charge in [0.2, 0.25) is 0 Å². The number of hydrogen-bond donors (Lipinski definition) is 1. The number of rotatable bonds is 5. The number of nitrogens with two attached hydrogens (primary N) is 1. The molecule has 4 rings (SSSR count). The zero-order chi connectivity index (χ0) is 19.9. The summed E-state index contributed by atoms with van der Waals surface area (Å²) in [6.45, 7) is 6.62. The third kappa shape index (κ3) is 3.13. The Morgan fingerprint density at radius 3 is 2.71 bits per heavy atom.